The Labute approximate surface area is 172 Å². The molecule has 0 aliphatic rings. The molecule has 0 saturated carbocycles. The molecule has 12 heteroatoms. The van der Waals surface area contributed by atoms with Gasteiger partial charge in [0.1, 0.15) is 11.5 Å². The van der Waals surface area contributed by atoms with Gasteiger partial charge in [-0.1, -0.05) is 6.07 Å². The third-order valence-electron chi connectivity index (χ3n) is 3.74. The number of phosphoric acid groups is 1. The van der Waals surface area contributed by atoms with Gasteiger partial charge in [0, 0.05) is 18.0 Å². The van der Waals surface area contributed by atoms with E-state index in [9.17, 15) is 13.0 Å². The lowest BCUT2D eigenvalue weighted by molar-refractivity contribution is 0.283. The molecular formula is C18H18N3O7PS. The van der Waals surface area contributed by atoms with Gasteiger partial charge in [-0.25, -0.2) is 18.0 Å². The van der Waals surface area contributed by atoms with Gasteiger partial charge >= 0.3 is 7.82 Å². The summed E-state index contributed by atoms with van der Waals surface area (Å²) in [5.74, 6) is 0.641. The molecular weight excluding hydrogens is 433 g/mol. The van der Waals surface area contributed by atoms with Crippen LogP contribution in [0.5, 0.6) is 11.5 Å². The molecule has 0 saturated heterocycles. The molecule has 0 spiro atoms. The molecule has 30 heavy (non-hydrogen) atoms. The van der Waals surface area contributed by atoms with Gasteiger partial charge in [0.15, 0.2) is 5.82 Å². The number of sulfonamides is 1. The number of methoxy groups -OCH3 is 1. The number of benzene rings is 2. The summed E-state index contributed by atoms with van der Waals surface area (Å²) in [6.07, 6.45) is 1.46. The van der Waals surface area contributed by atoms with E-state index in [0.717, 1.165) is 0 Å². The van der Waals surface area contributed by atoms with E-state index in [1.165, 1.54) is 61.8 Å². The van der Waals surface area contributed by atoms with Crippen LogP contribution in [0.1, 0.15) is 0 Å². The minimum Gasteiger partial charge on any atom is -0.497 e. The quantitative estimate of drug-likeness (QED) is 0.379. The normalized spacial score (nSPS) is 11.6. The Balaban J connectivity index is 1.84. The summed E-state index contributed by atoms with van der Waals surface area (Å²) < 4.78 is 48.5. The average molecular weight is 451 g/mol. The predicted octanol–water partition coefficient (Wildman–Crippen LogP) is 3.11. The van der Waals surface area contributed by atoms with Crippen molar-refractivity contribution in [2.24, 2.45) is 0 Å². The largest absolute Gasteiger partial charge is 0.524 e. The van der Waals surface area contributed by atoms with Crippen LogP contribution in [0.25, 0.3) is 0 Å². The van der Waals surface area contributed by atoms with Gasteiger partial charge in [0.2, 0.25) is 0 Å². The van der Waals surface area contributed by atoms with Gasteiger partial charge in [-0.2, -0.15) is 0 Å². The summed E-state index contributed by atoms with van der Waals surface area (Å²) in [4.78, 5) is 22.0. The maximum atomic E-state index is 12.7. The van der Waals surface area contributed by atoms with E-state index >= 15 is 0 Å². The third kappa shape index (κ3) is 5.71. The van der Waals surface area contributed by atoms with Gasteiger partial charge in [-0.15, -0.1) is 0 Å². The predicted molar refractivity (Wildman–Crippen MR) is 110 cm³/mol. The molecule has 0 amide bonds. The molecule has 1 aromatic heterocycles. The zero-order chi connectivity index (χ0) is 21.8. The standard InChI is InChI=1S/C18H18N3O7PS/c1-27-14-7-9-16(10-8-14)30(25,26)21-17-6-3-11-19-18(17)20-13-4-2-5-15(12-13)28-29(22,23)24/h2-12,21H,1H3,(H,19,20)(H2,22,23,24). The fourth-order valence-corrected chi connectivity index (χ4v) is 3.91. The molecule has 0 aliphatic carbocycles. The van der Waals surface area contributed by atoms with Crippen molar-refractivity contribution < 1.29 is 32.0 Å². The van der Waals surface area contributed by atoms with Gasteiger partial charge < -0.3 is 14.6 Å². The highest BCUT2D eigenvalue weighted by atomic mass is 32.2. The van der Waals surface area contributed by atoms with Crippen molar-refractivity contribution in [3.63, 3.8) is 0 Å². The average Bonchev–Trinajstić information content (AvgIpc) is 2.68. The smallest absolute Gasteiger partial charge is 0.497 e. The highest BCUT2D eigenvalue weighted by molar-refractivity contribution is 7.92. The van der Waals surface area contributed by atoms with Crippen LogP contribution in [0.4, 0.5) is 17.2 Å². The van der Waals surface area contributed by atoms with Crippen molar-refractivity contribution >= 4 is 35.0 Å². The molecule has 3 aromatic rings. The first-order valence-electron chi connectivity index (χ1n) is 8.40. The van der Waals surface area contributed by atoms with Crippen LogP contribution in [0.3, 0.4) is 0 Å². The van der Waals surface area contributed by atoms with Crippen molar-refractivity contribution in [3.05, 3.63) is 66.9 Å². The van der Waals surface area contributed by atoms with Gasteiger partial charge in [0.05, 0.1) is 17.7 Å². The second-order valence-electron chi connectivity index (χ2n) is 5.92. The molecule has 3 rings (SSSR count). The summed E-state index contributed by atoms with van der Waals surface area (Å²) in [6.45, 7) is 0. The Kier molecular flexibility index (Phi) is 6.28. The molecule has 2 aromatic carbocycles. The van der Waals surface area contributed by atoms with E-state index < -0.39 is 17.8 Å². The molecule has 0 fully saturated rings. The van der Waals surface area contributed by atoms with E-state index in [4.69, 9.17) is 14.5 Å². The van der Waals surface area contributed by atoms with Gasteiger partial charge in [0.25, 0.3) is 10.0 Å². The first-order valence-corrected chi connectivity index (χ1v) is 11.4. The van der Waals surface area contributed by atoms with E-state index in [0.29, 0.717) is 11.4 Å². The third-order valence-corrected chi connectivity index (χ3v) is 5.57. The van der Waals surface area contributed by atoms with Gasteiger partial charge in [-0.3, -0.25) is 14.5 Å². The summed E-state index contributed by atoms with van der Waals surface area (Å²) in [6, 6.07) is 14.8. The Morgan fingerprint density at radius 1 is 1.00 bits per heavy atom. The highest BCUT2D eigenvalue weighted by Crippen LogP contribution is 2.38. The number of pyridine rings is 1. The molecule has 0 atom stereocenters. The Bertz CT molecular complexity index is 1180. The second kappa shape index (κ2) is 8.72. The number of phosphoric ester groups is 1. The maximum absolute atomic E-state index is 12.7. The van der Waals surface area contributed by atoms with Crippen LogP contribution in [0.2, 0.25) is 0 Å². The molecule has 1 heterocycles. The Hall–Kier alpha value is -3.11. The zero-order valence-electron chi connectivity index (χ0n) is 15.6. The lowest BCUT2D eigenvalue weighted by Crippen LogP contribution is -2.14. The van der Waals surface area contributed by atoms with Crippen LogP contribution in [0.15, 0.2) is 71.8 Å². The number of ether oxygens (including phenoxy) is 1. The molecule has 158 valence electrons. The van der Waals surface area contributed by atoms with Crippen molar-refractivity contribution in [2.75, 3.05) is 17.1 Å². The fourth-order valence-electron chi connectivity index (χ4n) is 2.45. The molecule has 0 bridgehead atoms. The summed E-state index contributed by atoms with van der Waals surface area (Å²) >= 11 is 0. The van der Waals surface area contributed by atoms with Crippen molar-refractivity contribution in [3.8, 4) is 11.5 Å². The number of anilines is 3. The molecule has 0 aliphatic heterocycles. The van der Waals surface area contributed by atoms with Crippen LogP contribution in [-0.2, 0) is 14.6 Å². The van der Waals surface area contributed by atoms with E-state index in [1.54, 1.807) is 12.1 Å². The van der Waals surface area contributed by atoms with Gasteiger partial charge in [-0.05, 0) is 48.5 Å². The number of hydrogen-bond acceptors (Lipinski definition) is 7. The number of hydrogen-bond donors (Lipinski definition) is 4. The number of aromatic nitrogens is 1. The number of rotatable bonds is 8. The second-order valence-corrected chi connectivity index (χ2v) is 8.76. The Morgan fingerprint density at radius 3 is 2.40 bits per heavy atom. The summed E-state index contributed by atoms with van der Waals surface area (Å²) in [5, 5.41) is 2.90. The fraction of sp³-hybridized carbons (Fsp3) is 0.0556. The van der Waals surface area contributed by atoms with Crippen molar-refractivity contribution in [2.45, 2.75) is 4.90 Å². The molecule has 0 radical (unpaired) electrons. The first-order chi connectivity index (χ1) is 14.2. The minimum atomic E-state index is -4.71. The zero-order valence-corrected chi connectivity index (χ0v) is 17.3. The lowest BCUT2D eigenvalue weighted by Gasteiger charge is -2.14. The van der Waals surface area contributed by atoms with Crippen molar-refractivity contribution in [1.82, 2.24) is 4.98 Å². The van der Waals surface area contributed by atoms with Crippen LogP contribution < -0.4 is 19.3 Å². The van der Waals surface area contributed by atoms with E-state index in [1.807, 2.05) is 0 Å². The Morgan fingerprint density at radius 2 is 1.73 bits per heavy atom. The topological polar surface area (TPSA) is 147 Å². The summed E-state index contributed by atoms with van der Waals surface area (Å²) in [7, 11) is -7.13. The SMILES string of the molecule is COc1ccc(S(=O)(=O)Nc2cccnc2Nc2cccc(OP(=O)(O)O)c2)cc1. The van der Waals surface area contributed by atoms with Crippen LogP contribution in [0, 0.1) is 0 Å². The molecule has 4 N–H and O–H groups in total. The van der Waals surface area contributed by atoms with E-state index in [-0.39, 0.29) is 22.2 Å². The van der Waals surface area contributed by atoms with Crippen molar-refractivity contribution in [1.29, 1.82) is 0 Å². The minimum absolute atomic E-state index is 0.0372. The summed E-state index contributed by atoms with van der Waals surface area (Å²) in [5.41, 5.74) is 0.555. The lowest BCUT2D eigenvalue weighted by atomic mass is 10.3. The van der Waals surface area contributed by atoms with Crippen LogP contribution >= 0.6 is 7.82 Å². The molecule has 0 unspecified atom stereocenters. The number of nitrogens with one attached hydrogen (secondary N) is 2. The van der Waals surface area contributed by atoms with Crippen LogP contribution in [-0.4, -0.2) is 30.3 Å². The first kappa shape index (κ1) is 21.6. The highest BCUT2D eigenvalue weighted by Gasteiger charge is 2.18. The monoisotopic (exact) mass is 451 g/mol. The molecule has 10 nitrogen and oxygen atoms in total. The number of nitrogens with zero attached hydrogens (tertiary/aromatic N) is 1. The maximum Gasteiger partial charge on any atom is 0.524 e. The van der Waals surface area contributed by atoms with E-state index in [2.05, 4.69) is 19.5 Å².